The lowest BCUT2D eigenvalue weighted by molar-refractivity contribution is -0.384. The Morgan fingerprint density at radius 3 is 2.65 bits per heavy atom. The molecule has 120 valence electrons. The Morgan fingerprint density at radius 1 is 1.30 bits per heavy atom. The number of aliphatic hydroxyl groups excluding tert-OH is 1. The molecule has 0 aliphatic rings. The molecule has 0 aliphatic heterocycles. The van der Waals surface area contributed by atoms with E-state index in [0.29, 0.717) is 16.8 Å². The summed E-state index contributed by atoms with van der Waals surface area (Å²) in [6, 6.07) is 9.29. The second-order valence-electron chi connectivity index (χ2n) is 5.07. The Balaban J connectivity index is 2.12. The zero-order chi connectivity index (χ0) is 17.0. The lowest BCUT2D eigenvalue weighted by atomic mass is 10.1. The van der Waals surface area contributed by atoms with Crippen molar-refractivity contribution in [2.75, 3.05) is 5.32 Å². The third-order valence-corrected chi connectivity index (χ3v) is 3.71. The number of nitrogens with one attached hydrogen (secondary N) is 1. The first kappa shape index (κ1) is 16.9. The van der Waals surface area contributed by atoms with E-state index in [-0.39, 0.29) is 29.6 Å². The van der Waals surface area contributed by atoms with Crippen molar-refractivity contribution in [2.24, 2.45) is 0 Å². The zero-order valence-electron chi connectivity index (χ0n) is 12.4. The number of hydrogen-bond acceptors (Lipinski definition) is 4. The van der Waals surface area contributed by atoms with Crippen molar-refractivity contribution in [3.05, 3.63) is 68.2 Å². The van der Waals surface area contributed by atoms with E-state index in [0.717, 1.165) is 5.56 Å². The van der Waals surface area contributed by atoms with Gasteiger partial charge < -0.3 is 10.4 Å². The van der Waals surface area contributed by atoms with Gasteiger partial charge in [0.2, 0.25) is 5.91 Å². The molecule has 0 spiro atoms. The minimum absolute atomic E-state index is 0.000377. The van der Waals surface area contributed by atoms with Crippen LogP contribution in [0.15, 0.2) is 36.4 Å². The van der Waals surface area contributed by atoms with E-state index >= 15 is 0 Å². The van der Waals surface area contributed by atoms with Crippen LogP contribution in [-0.2, 0) is 17.8 Å². The predicted octanol–water partition coefficient (Wildman–Crippen LogP) is 3.23. The fraction of sp³-hybridized carbons (Fsp3) is 0.188. The largest absolute Gasteiger partial charge is 0.392 e. The van der Waals surface area contributed by atoms with Crippen molar-refractivity contribution in [1.29, 1.82) is 0 Å². The van der Waals surface area contributed by atoms with Crippen LogP contribution in [0, 0.1) is 17.0 Å². The van der Waals surface area contributed by atoms with Crippen LogP contribution in [0.5, 0.6) is 0 Å². The number of benzene rings is 2. The zero-order valence-corrected chi connectivity index (χ0v) is 13.1. The standard InChI is InChI=1S/C16H15ClN2O4/c1-10-2-3-11(9-20)6-15(10)18-16(21)7-12-4-5-13(19(22)23)8-14(12)17/h2-6,8,20H,7,9H2,1H3,(H,18,21). The number of rotatable bonds is 5. The predicted molar refractivity (Wildman–Crippen MR) is 87.5 cm³/mol. The number of aryl methyl sites for hydroxylation is 1. The number of carbonyl (C=O) groups is 1. The molecule has 0 bridgehead atoms. The molecule has 2 N–H and O–H groups in total. The summed E-state index contributed by atoms with van der Waals surface area (Å²) in [5, 5.41) is 22.7. The van der Waals surface area contributed by atoms with E-state index in [1.807, 2.05) is 6.92 Å². The molecule has 0 fully saturated rings. The van der Waals surface area contributed by atoms with Crippen LogP contribution < -0.4 is 5.32 Å². The van der Waals surface area contributed by atoms with Crippen LogP contribution >= 0.6 is 11.6 Å². The van der Waals surface area contributed by atoms with Gasteiger partial charge in [0.25, 0.3) is 5.69 Å². The van der Waals surface area contributed by atoms with Gasteiger partial charge in [0.1, 0.15) is 0 Å². The Hall–Kier alpha value is -2.44. The van der Waals surface area contributed by atoms with Crippen LogP contribution in [0.2, 0.25) is 5.02 Å². The van der Waals surface area contributed by atoms with Gasteiger partial charge in [-0.1, -0.05) is 29.8 Å². The Kier molecular flexibility index (Phi) is 5.31. The molecule has 2 aromatic carbocycles. The average Bonchev–Trinajstić information content (AvgIpc) is 2.51. The molecular formula is C16H15ClN2O4. The van der Waals surface area contributed by atoms with Crippen LogP contribution in [0.1, 0.15) is 16.7 Å². The molecule has 0 saturated carbocycles. The van der Waals surface area contributed by atoms with Gasteiger partial charge in [0.15, 0.2) is 0 Å². The highest BCUT2D eigenvalue weighted by atomic mass is 35.5. The third-order valence-electron chi connectivity index (χ3n) is 3.36. The maximum absolute atomic E-state index is 12.1. The fourth-order valence-electron chi connectivity index (χ4n) is 2.06. The molecular weight excluding hydrogens is 320 g/mol. The molecule has 6 nitrogen and oxygen atoms in total. The smallest absolute Gasteiger partial charge is 0.270 e. The summed E-state index contributed by atoms with van der Waals surface area (Å²) in [6.45, 7) is 1.73. The van der Waals surface area contributed by atoms with Gasteiger partial charge >= 0.3 is 0 Å². The van der Waals surface area contributed by atoms with Gasteiger partial charge in [-0.05, 0) is 29.7 Å². The van der Waals surface area contributed by atoms with Crippen LogP contribution in [-0.4, -0.2) is 15.9 Å². The summed E-state index contributed by atoms with van der Waals surface area (Å²) in [5.41, 5.74) is 2.56. The topological polar surface area (TPSA) is 92.5 Å². The normalized spacial score (nSPS) is 10.4. The third kappa shape index (κ3) is 4.28. The number of non-ortho nitro benzene ring substituents is 1. The van der Waals surface area contributed by atoms with E-state index in [9.17, 15) is 14.9 Å². The van der Waals surface area contributed by atoms with Gasteiger partial charge in [-0.15, -0.1) is 0 Å². The molecule has 0 radical (unpaired) electrons. The Labute approximate surface area is 137 Å². The van der Waals surface area contributed by atoms with Gasteiger partial charge in [-0.2, -0.15) is 0 Å². The first-order valence-electron chi connectivity index (χ1n) is 6.83. The van der Waals surface area contributed by atoms with Crippen molar-refractivity contribution in [3.63, 3.8) is 0 Å². The molecule has 0 heterocycles. The number of nitro groups is 1. The van der Waals surface area contributed by atoms with E-state index in [2.05, 4.69) is 5.32 Å². The van der Waals surface area contributed by atoms with E-state index < -0.39 is 4.92 Å². The minimum Gasteiger partial charge on any atom is -0.392 e. The lowest BCUT2D eigenvalue weighted by Gasteiger charge is -2.10. The molecule has 0 aliphatic carbocycles. The second-order valence-corrected chi connectivity index (χ2v) is 5.47. The molecule has 0 atom stereocenters. The van der Waals surface area contributed by atoms with Crippen LogP contribution in [0.4, 0.5) is 11.4 Å². The number of nitro benzene ring substituents is 1. The molecule has 1 amide bonds. The second kappa shape index (κ2) is 7.21. The molecule has 23 heavy (non-hydrogen) atoms. The summed E-state index contributed by atoms with van der Waals surface area (Å²) < 4.78 is 0. The van der Waals surface area contributed by atoms with Crippen molar-refractivity contribution in [1.82, 2.24) is 0 Å². The molecule has 0 aromatic heterocycles. The van der Waals surface area contributed by atoms with Crippen molar-refractivity contribution in [3.8, 4) is 0 Å². The molecule has 2 aromatic rings. The maximum Gasteiger partial charge on any atom is 0.270 e. The van der Waals surface area contributed by atoms with E-state index in [4.69, 9.17) is 16.7 Å². The van der Waals surface area contributed by atoms with Gasteiger partial charge in [-0.3, -0.25) is 14.9 Å². The summed E-state index contributed by atoms with van der Waals surface area (Å²) in [6.07, 6.45) is -0.000377. The Morgan fingerprint density at radius 2 is 2.04 bits per heavy atom. The highest BCUT2D eigenvalue weighted by molar-refractivity contribution is 6.31. The molecule has 7 heteroatoms. The number of carbonyl (C=O) groups excluding carboxylic acids is 1. The number of nitrogens with zero attached hydrogens (tertiary/aromatic N) is 1. The maximum atomic E-state index is 12.1. The highest BCUT2D eigenvalue weighted by Gasteiger charge is 2.13. The average molecular weight is 335 g/mol. The molecule has 2 rings (SSSR count). The van der Waals surface area contributed by atoms with Crippen molar-refractivity contribution >= 4 is 28.9 Å². The van der Waals surface area contributed by atoms with Crippen molar-refractivity contribution in [2.45, 2.75) is 20.0 Å². The van der Waals surface area contributed by atoms with Gasteiger partial charge in [0, 0.05) is 17.8 Å². The number of amides is 1. The quantitative estimate of drug-likeness (QED) is 0.648. The highest BCUT2D eigenvalue weighted by Crippen LogP contribution is 2.23. The minimum atomic E-state index is -0.542. The number of hydrogen-bond donors (Lipinski definition) is 2. The SMILES string of the molecule is Cc1ccc(CO)cc1NC(=O)Cc1ccc([N+](=O)[O-])cc1Cl. The van der Waals surface area contributed by atoms with E-state index in [1.54, 1.807) is 18.2 Å². The monoisotopic (exact) mass is 334 g/mol. The summed E-state index contributed by atoms with van der Waals surface area (Å²) >= 11 is 5.98. The number of halogens is 1. The van der Waals surface area contributed by atoms with Crippen LogP contribution in [0.3, 0.4) is 0 Å². The van der Waals surface area contributed by atoms with Crippen molar-refractivity contribution < 1.29 is 14.8 Å². The van der Waals surface area contributed by atoms with E-state index in [1.165, 1.54) is 18.2 Å². The summed E-state index contributed by atoms with van der Waals surface area (Å²) in [4.78, 5) is 22.3. The Bertz CT molecular complexity index is 762. The van der Waals surface area contributed by atoms with Gasteiger partial charge in [0.05, 0.1) is 23.0 Å². The molecule has 0 saturated heterocycles. The number of aliphatic hydroxyl groups is 1. The first-order valence-corrected chi connectivity index (χ1v) is 7.21. The summed E-state index contributed by atoms with van der Waals surface area (Å²) in [7, 11) is 0. The first-order chi connectivity index (χ1) is 10.9. The number of anilines is 1. The lowest BCUT2D eigenvalue weighted by Crippen LogP contribution is -2.15. The fourth-order valence-corrected chi connectivity index (χ4v) is 2.30. The van der Waals surface area contributed by atoms with Crippen LogP contribution in [0.25, 0.3) is 0 Å². The molecule has 0 unspecified atom stereocenters. The summed E-state index contributed by atoms with van der Waals surface area (Å²) in [5.74, 6) is -0.293. The van der Waals surface area contributed by atoms with Gasteiger partial charge in [-0.25, -0.2) is 0 Å².